The van der Waals surface area contributed by atoms with E-state index in [1.165, 1.54) is 23.7 Å². The number of amides is 3. The van der Waals surface area contributed by atoms with E-state index in [0.717, 1.165) is 46.2 Å². The molecule has 4 aromatic heterocycles. The molecule has 5 heterocycles. The topological polar surface area (TPSA) is 140 Å². The zero-order chi connectivity index (χ0) is 30.5. The molecule has 12 nitrogen and oxygen atoms in total. The van der Waals surface area contributed by atoms with E-state index < -0.39 is 6.03 Å². The summed E-state index contributed by atoms with van der Waals surface area (Å²) in [7, 11) is 0. The van der Waals surface area contributed by atoms with E-state index in [1.807, 2.05) is 42.5 Å². The first kappa shape index (κ1) is 28.9. The average molecular weight is 610 g/mol. The maximum atomic E-state index is 12.8. The van der Waals surface area contributed by atoms with Crippen molar-refractivity contribution in [1.82, 2.24) is 29.7 Å². The lowest BCUT2D eigenvalue weighted by Crippen LogP contribution is -2.34. The SMILES string of the molecule is CC(C)Cc1cc(NC(=O)Nc2cnc(Oc3ccc(-c4cnc(N5CCCCC5=O)s4)cc3)nc2)n(-c2cccnc2)n1. The Morgan fingerprint density at radius 1 is 1.02 bits per heavy atom. The van der Waals surface area contributed by atoms with Crippen LogP contribution in [0, 0.1) is 5.92 Å². The number of thiazole rings is 1. The monoisotopic (exact) mass is 609 g/mol. The lowest BCUT2D eigenvalue weighted by atomic mass is 10.1. The third-order valence-corrected chi connectivity index (χ3v) is 7.86. The maximum Gasteiger partial charge on any atom is 0.324 e. The van der Waals surface area contributed by atoms with Crippen LogP contribution in [0.5, 0.6) is 11.8 Å². The van der Waals surface area contributed by atoms with Crippen molar-refractivity contribution in [3.63, 3.8) is 0 Å². The number of hydrogen-bond acceptors (Lipinski definition) is 9. The molecule has 0 unspecified atom stereocenters. The first-order valence-electron chi connectivity index (χ1n) is 14.3. The quantitative estimate of drug-likeness (QED) is 0.198. The van der Waals surface area contributed by atoms with Crippen molar-refractivity contribution in [2.45, 2.75) is 39.5 Å². The molecule has 1 fully saturated rings. The smallest absolute Gasteiger partial charge is 0.324 e. The number of carbonyl (C=O) groups is 2. The molecule has 2 N–H and O–H groups in total. The normalized spacial score (nSPS) is 13.2. The van der Waals surface area contributed by atoms with Gasteiger partial charge in [-0.3, -0.25) is 20.0 Å². The molecule has 5 aromatic rings. The third kappa shape index (κ3) is 6.89. The van der Waals surface area contributed by atoms with Crippen molar-refractivity contribution in [3.05, 3.63) is 79.1 Å². The van der Waals surface area contributed by atoms with Gasteiger partial charge in [-0.05, 0) is 67.1 Å². The molecule has 0 saturated carbocycles. The minimum absolute atomic E-state index is 0.131. The minimum Gasteiger partial charge on any atom is -0.424 e. The van der Waals surface area contributed by atoms with Gasteiger partial charge in [0.25, 0.3) is 0 Å². The van der Waals surface area contributed by atoms with Crippen LogP contribution < -0.4 is 20.3 Å². The zero-order valence-electron chi connectivity index (χ0n) is 24.3. The summed E-state index contributed by atoms with van der Waals surface area (Å²) < 4.78 is 7.46. The summed E-state index contributed by atoms with van der Waals surface area (Å²) in [5.74, 6) is 1.62. The van der Waals surface area contributed by atoms with Crippen molar-refractivity contribution in [1.29, 1.82) is 0 Å². The maximum absolute atomic E-state index is 12.8. The molecule has 13 heteroatoms. The largest absolute Gasteiger partial charge is 0.424 e. The van der Waals surface area contributed by atoms with Crippen LogP contribution in [-0.4, -0.2) is 48.2 Å². The molecule has 0 bridgehead atoms. The number of pyridine rings is 1. The van der Waals surface area contributed by atoms with Gasteiger partial charge in [0.1, 0.15) is 11.6 Å². The third-order valence-electron chi connectivity index (χ3n) is 6.79. The van der Waals surface area contributed by atoms with Crippen molar-refractivity contribution >= 4 is 39.9 Å². The lowest BCUT2D eigenvalue weighted by Gasteiger charge is -2.23. The highest BCUT2D eigenvalue weighted by Crippen LogP contribution is 2.34. The predicted octanol–water partition coefficient (Wildman–Crippen LogP) is 6.33. The number of aromatic nitrogens is 6. The molecular weight excluding hydrogens is 578 g/mol. The summed E-state index contributed by atoms with van der Waals surface area (Å²) in [5, 5.41) is 11.0. The van der Waals surface area contributed by atoms with Crippen molar-refractivity contribution < 1.29 is 14.3 Å². The number of ether oxygens (including phenoxy) is 1. The summed E-state index contributed by atoms with van der Waals surface area (Å²) in [6.45, 7) is 4.95. The van der Waals surface area contributed by atoms with Gasteiger partial charge in [-0.2, -0.15) is 5.10 Å². The van der Waals surface area contributed by atoms with E-state index in [1.54, 1.807) is 28.2 Å². The number of nitrogens with one attached hydrogen (secondary N) is 2. The molecule has 0 atom stereocenters. The van der Waals surface area contributed by atoms with Crippen LogP contribution in [0.1, 0.15) is 38.8 Å². The van der Waals surface area contributed by atoms with Gasteiger partial charge in [-0.1, -0.05) is 25.2 Å². The van der Waals surface area contributed by atoms with Crippen LogP contribution in [0.15, 0.2) is 73.4 Å². The van der Waals surface area contributed by atoms with Gasteiger partial charge in [0.05, 0.1) is 40.5 Å². The van der Waals surface area contributed by atoms with Gasteiger partial charge in [-0.15, -0.1) is 0 Å². The lowest BCUT2D eigenvalue weighted by molar-refractivity contribution is -0.119. The Balaban J connectivity index is 1.06. The summed E-state index contributed by atoms with van der Waals surface area (Å²) in [4.78, 5) is 44.9. The second-order valence-corrected chi connectivity index (χ2v) is 11.7. The molecule has 1 aliphatic rings. The van der Waals surface area contributed by atoms with Crippen molar-refractivity contribution in [2.24, 2.45) is 5.92 Å². The van der Waals surface area contributed by atoms with E-state index in [2.05, 4.69) is 49.5 Å². The van der Waals surface area contributed by atoms with Gasteiger partial charge in [0, 0.05) is 31.4 Å². The highest BCUT2D eigenvalue weighted by atomic mass is 32.1. The number of rotatable bonds is 9. The average Bonchev–Trinajstić information content (AvgIpc) is 3.66. The fourth-order valence-corrected chi connectivity index (χ4v) is 5.71. The van der Waals surface area contributed by atoms with Crippen molar-refractivity contribution in [3.8, 4) is 27.9 Å². The fourth-order valence-electron chi connectivity index (χ4n) is 4.75. The Kier molecular flexibility index (Phi) is 8.55. The molecule has 1 aliphatic heterocycles. The Morgan fingerprint density at radius 3 is 2.57 bits per heavy atom. The Hall–Kier alpha value is -5.17. The summed E-state index contributed by atoms with van der Waals surface area (Å²) in [6, 6.07) is 12.7. The van der Waals surface area contributed by atoms with Gasteiger partial charge in [0.15, 0.2) is 5.13 Å². The summed E-state index contributed by atoms with van der Waals surface area (Å²) in [6.07, 6.45) is 11.4. The number of piperidine rings is 1. The van der Waals surface area contributed by atoms with Crippen LogP contribution in [0.3, 0.4) is 0 Å². The van der Waals surface area contributed by atoms with E-state index in [9.17, 15) is 9.59 Å². The summed E-state index contributed by atoms with van der Waals surface area (Å²) >= 11 is 1.50. The molecule has 6 rings (SSSR count). The number of urea groups is 1. The van der Waals surface area contributed by atoms with E-state index in [-0.39, 0.29) is 11.9 Å². The van der Waals surface area contributed by atoms with Crippen molar-refractivity contribution in [2.75, 3.05) is 22.1 Å². The highest BCUT2D eigenvalue weighted by Gasteiger charge is 2.22. The Bertz CT molecular complexity index is 1740. The first-order chi connectivity index (χ1) is 21.4. The molecule has 0 radical (unpaired) electrons. The van der Waals surface area contributed by atoms with Gasteiger partial charge in [-0.25, -0.2) is 24.4 Å². The number of hydrogen-bond donors (Lipinski definition) is 2. The van der Waals surface area contributed by atoms with Crippen LogP contribution in [0.2, 0.25) is 0 Å². The van der Waals surface area contributed by atoms with Gasteiger partial charge >= 0.3 is 12.0 Å². The molecule has 224 valence electrons. The summed E-state index contributed by atoms with van der Waals surface area (Å²) in [5.41, 5.74) is 2.97. The molecule has 1 saturated heterocycles. The second kappa shape index (κ2) is 13.0. The number of carbonyl (C=O) groups excluding carboxylic acids is 2. The van der Waals surface area contributed by atoms with E-state index >= 15 is 0 Å². The van der Waals surface area contributed by atoms with Gasteiger partial charge < -0.3 is 10.1 Å². The number of nitrogens with zero attached hydrogens (tertiary/aromatic N) is 7. The van der Waals surface area contributed by atoms with Crippen LogP contribution in [-0.2, 0) is 11.2 Å². The molecule has 0 spiro atoms. The molecule has 0 aliphatic carbocycles. The molecule has 44 heavy (non-hydrogen) atoms. The predicted molar refractivity (Wildman–Crippen MR) is 168 cm³/mol. The number of benzene rings is 1. The van der Waals surface area contributed by atoms with Crippen LogP contribution >= 0.6 is 11.3 Å². The number of anilines is 3. The standard InChI is InChI=1S/C31H31N9O3S/c1-20(2)14-22-15-27(40(38-22)24-6-5-12-32-18-24)37-29(42)36-23-16-33-30(34-17-23)43-25-10-8-21(9-11-25)26-19-35-31(44-26)39-13-4-3-7-28(39)41/h5-6,8-12,15-20H,3-4,7,13-14H2,1-2H3,(H2,36,37,42). The van der Waals surface area contributed by atoms with E-state index in [0.29, 0.717) is 36.1 Å². The molecular formula is C31H31N9O3S. The highest BCUT2D eigenvalue weighted by molar-refractivity contribution is 7.19. The van der Waals surface area contributed by atoms with Crippen LogP contribution in [0.4, 0.5) is 21.4 Å². The fraction of sp³-hybridized carbons (Fsp3) is 0.258. The minimum atomic E-state index is -0.463. The van der Waals surface area contributed by atoms with Crippen LogP contribution in [0.25, 0.3) is 16.1 Å². The first-order valence-corrected chi connectivity index (χ1v) is 15.2. The zero-order valence-corrected chi connectivity index (χ0v) is 25.1. The molecule has 1 aromatic carbocycles. The molecule has 3 amide bonds. The Morgan fingerprint density at radius 2 is 1.84 bits per heavy atom. The Labute approximate surface area is 258 Å². The van der Waals surface area contributed by atoms with E-state index in [4.69, 9.17) is 4.74 Å². The van der Waals surface area contributed by atoms with Gasteiger partial charge in [0.2, 0.25) is 5.91 Å². The second-order valence-electron chi connectivity index (χ2n) is 10.7.